The second-order valence-corrected chi connectivity index (χ2v) is 3.12. The molecule has 0 heterocycles. The first-order valence-electron chi connectivity index (χ1n) is 2.85. The third-order valence-corrected chi connectivity index (χ3v) is 1.95. The van der Waals surface area contributed by atoms with E-state index < -0.39 is 0 Å². The van der Waals surface area contributed by atoms with Gasteiger partial charge < -0.3 is 0 Å². The minimum atomic E-state index is 0.549. The van der Waals surface area contributed by atoms with Crippen LogP contribution < -0.4 is 9.44 Å². The van der Waals surface area contributed by atoms with Crippen LogP contribution in [0.5, 0.6) is 0 Å². The second kappa shape index (κ2) is 6.74. The van der Waals surface area contributed by atoms with E-state index in [1.807, 2.05) is 12.5 Å². The summed E-state index contributed by atoms with van der Waals surface area (Å²) in [7, 11) is 0. The van der Waals surface area contributed by atoms with Gasteiger partial charge in [-0.15, -0.1) is 0 Å². The van der Waals surface area contributed by atoms with Crippen molar-refractivity contribution in [1.29, 1.82) is 0 Å². The molecule has 0 rings (SSSR count). The Morgan fingerprint density at radius 2 is 2.00 bits per heavy atom. The lowest BCUT2D eigenvalue weighted by Gasteiger charge is -2.09. The summed E-state index contributed by atoms with van der Waals surface area (Å²) in [4.78, 5) is 0. The maximum Gasteiger partial charge on any atom is 0.0277 e. The van der Waals surface area contributed by atoms with Gasteiger partial charge in [0.05, 0.1) is 0 Å². The normalized spacial score (nSPS) is 13.7. The van der Waals surface area contributed by atoms with Gasteiger partial charge in [-0.1, -0.05) is 23.9 Å². The molecule has 0 amide bonds. The molecule has 2 N–H and O–H groups in total. The lowest BCUT2D eigenvalue weighted by molar-refractivity contribution is 0.681. The lowest BCUT2D eigenvalue weighted by atomic mass is 10.4. The summed E-state index contributed by atoms with van der Waals surface area (Å²) in [6, 6.07) is 0.549. The second-order valence-electron chi connectivity index (χ2n) is 1.78. The van der Waals surface area contributed by atoms with Gasteiger partial charge in [-0.05, 0) is 19.4 Å². The molecule has 56 valence electrons. The molecule has 0 saturated heterocycles. The van der Waals surface area contributed by atoms with Crippen LogP contribution >= 0.6 is 23.9 Å². The number of hydrogen-bond acceptors (Lipinski definition) is 4. The van der Waals surface area contributed by atoms with Gasteiger partial charge in [0.2, 0.25) is 0 Å². The third kappa shape index (κ3) is 6.51. The zero-order valence-corrected chi connectivity index (χ0v) is 7.73. The summed E-state index contributed by atoms with van der Waals surface area (Å²) in [6.45, 7) is 3.17. The fourth-order valence-electron chi connectivity index (χ4n) is 0.451. The molecule has 0 aromatic heterocycles. The zero-order valence-electron chi connectivity index (χ0n) is 6.10. The van der Waals surface area contributed by atoms with Gasteiger partial charge in [0.1, 0.15) is 0 Å². The van der Waals surface area contributed by atoms with Gasteiger partial charge in [0, 0.05) is 12.6 Å². The average molecular weight is 166 g/mol. The van der Waals surface area contributed by atoms with Crippen molar-refractivity contribution in [3.05, 3.63) is 0 Å². The van der Waals surface area contributed by atoms with Crippen LogP contribution in [0.25, 0.3) is 0 Å². The van der Waals surface area contributed by atoms with Crippen molar-refractivity contribution in [3.63, 3.8) is 0 Å². The molecule has 0 aromatic carbocycles. The largest absolute Gasteiger partial charge is 0.263 e. The van der Waals surface area contributed by atoms with E-state index in [0.29, 0.717) is 6.04 Å². The molecule has 0 aliphatic carbocycles. The van der Waals surface area contributed by atoms with E-state index in [1.165, 1.54) is 0 Å². The number of rotatable bonds is 5. The van der Waals surface area contributed by atoms with Crippen molar-refractivity contribution in [3.8, 4) is 0 Å². The van der Waals surface area contributed by atoms with E-state index in [1.54, 1.807) is 23.9 Å². The zero-order chi connectivity index (χ0) is 7.11. The van der Waals surface area contributed by atoms with E-state index in [0.717, 1.165) is 6.54 Å². The molecular formula is C5H14N2S2. The number of nitrogens with one attached hydrogen (secondary N) is 2. The van der Waals surface area contributed by atoms with Crippen molar-refractivity contribution >= 4 is 23.9 Å². The van der Waals surface area contributed by atoms with Gasteiger partial charge in [-0.3, -0.25) is 9.44 Å². The Labute approximate surface area is 65.8 Å². The summed E-state index contributed by atoms with van der Waals surface area (Å²) in [6.07, 6.45) is 4.07. The van der Waals surface area contributed by atoms with Crippen molar-refractivity contribution in [2.45, 2.75) is 13.0 Å². The molecule has 0 radical (unpaired) electrons. The molecule has 0 bridgehead atoms. The van der Waals surface area contributed by atoms with Gasteiger partial charge in [-0.2, -0.15) is 0 Å². The fourth-order valence-corrected chi connectivity index (χ4v) is 1.35. The van der Waals surface area contributed by atoms with Gasteiger partial charge in [0.25, 0.3) is 0 Å². The van der Waals surface area contributed by atoms with E-state index in [4.69, 9.17) is 0 Å². The van der Waals surface area contributed by atoms with Crippen LogP contribution in [0.1, 0.15) is 6.92 Å². The van der Waals surface area contributed by atoms with Gasteiger partial charge in [0.15, 0.2) is 0 Å². The van der Waals surface area contributed by atoms with E-state index in [2.05, 4.69) is 16.4 Å². The van der Waals surface area contributed by atoms with Crippen LogP contribution in [0.4, 0.5) is 0 Å². The Hall–Kier alpha value is 0.620. The van der Waals surface area contributed by atoms with E-state index in [-0.39, 0.29) is 0 Å². The highest BCUT2D eigenvalue weighted by Crippen LogP contribution is 1.90. The fraction of sp³-hybridized carbons (Fsp3) is 1.00. The Kier molecular flexibility index (Phi) is 7.20. The monoisotopic (exact) mass is 166 g/mol. The smallest absolute Gasteiger partial charge is 0.0277 e. The standard InChI is InChI=1S/C5H14N2S2/c1-5(7-9-3)4-6-8-2/h5-7H,4H2,1-3H3. The maximum atomic E-state index is 3.22. The molecule has 9 heavy (non-hydrogen) atoms. The molecule has 1 unspecified atom stereocenters. The van der Waals surface area contributed by atoms with Gasteiger partial charge >= 0.3 is 0 Å². The highest BCUT2D eigenvalue weighted by atomic mass is 32.2. The molecule has 0 aliphatic rings. The Balaban J connectivity index is 2.95. The van der Waals surface area contributed by atoms with Crippen LogP contribution in [0.15, 0.2) is 0 Å². The Bertz CT molecular complexity index is 60.9. The van der Waals surface area contributed by atoms with Crippen molar-refractivity contribution in [2.75, 3.05) is 19.1 Å². The first-order valence-corrected chi connectivity index (χ1v) is 5.30. The molecule has 1 atom stereocenters. The summed E-state index contributed by atoms with van der Waals surface area (Å²) in [5, 5.41) is 0. The SMILES string of the molecule is CSNCC(C)NSC. The molecule has 0 aliphatic heterocycles. The minimum Gasteiger partial charge on any atom is -0.263 e. The van der Waals surface area contributed by atoms with Crippen molar-refractivity contribution in [1.82, 2.24) is 9.44 Å². The van der Waals surface area contributed by atoms with Crippen molar-refractivity contribution < 1.29 is 0 Å². The lowest BCUT2D eigenvalue weighted by Crippen LogP contribution is -2.29. The molecule has 4 heteroatoms. The molecule has 2 nitrogen and oxygen atoms in total. The predicted octanol–water partition coefficient (Wildman–Crippen LogP) is 1.11. The van der Waals surface area contributed by atoms with Crippen molar-refractivity contribution in [2.24, 2.45) is 0 Å². The summed E-state index contributed by atoms with van der Waals surface area (Å²) in [5.41, 5.74) is 0. The third-order valence-electron chi connectivity index (χ3n) is 0.853. The minimum absolute atomic E-state index is 0.549. The highest BCUT2D eigenvalue weighted by molar-refractivity contribution is 7.97. The quantitative estimate of drug-likeness (QED) is 0.598. The summed E-state index contributed by atoms with van der Waals surface area (Å²) in [5.74, 6) is 0. The van der Waals surface area contributed by atoms with Crippen LogP contribution in [-0.2, 0) is 0 Å². The average Bonchev–Trinajstić information content (AvgIpc) is 1.85. The Morgan fingerprint density at radius 3 is 2.44 bits per heavy atom. The van der Waals surface area contributed by atoms with Crippen LogP contribution in [0.2, 0.25) is 0 Å². The van der Waals surface area contributed by atoms with E-state index >= 15 is 0 Å². The van der Waals surface area contributed by atoms with E-state index in [9.17, 15) is 0 Å². The van der Waals surface area contributed by atoms with Gasteiger partial charge in [-0.25, -0.2) is 0 Å². The first kappa shape index (κ1) is 9.62. The Morgan fingerprint density at radius 1 is 1.33 bits per heavy atom. The number of hydrogen-bond donors (Lipinski definition) is 2. The molecule has 0 aromatic rings. The molecule has 0 spiro atoms. The summed E-state index contributed by atoms with van der Waals surface area (Å²) >= 11 is 3.32. The molecule has 0 saturated carbocycles. The maximum absolute atomic E-state index is 3.22. The topological polar surface area (TPSA) is 24.1 Å². The van der Waals surface area contributed by atoms with Crippen LogP contribution in [-0.4, -0.2) is 25.1 Å². The molecule has 0 fully saturated rings. The highest BCUT2D eigenvalue weighted by Gasteiger charge is 1.95. The van der Waals surface area contributed by atoms with Crippen LogP contribution in [0, 0.1) is 0 Å². The first-order chi connectivity index (χ1) is 4.31. The van der Waals surface area contributed by atoms with Crippen LogP contribution in [0.3, 0.4) is 0 Å². The predicted molar refractivity (Wildman–Crippen MR) is 47.6 cm³/mol. The summed E-state index contributed by atoms with van der Waals surface area (Å²) < 4.78 is 6.39. The molecular weight excluding hydrogens is 152 g/mol.